The molecule has 0 bridgehead atoms. The Bertz CT molecular complexity index is 389. The maximum absolute atomic E-state index is 11.9. The first-order valence-corrected chi connectivity index (χ1v) is 6.12. The minimum atomic E-state index is -0.468. The van der Waals surface area contributed by atoms with E-state index in [1.165, 1.54) is 6.92 Å². The van der Waals surface area contributed by atoms with Crippen LogP contribution in [0.4, 0.5) is 0 Å². The predicted octanol–water partition coefficient (Wildman–Crippen LogP) is 1.54. The summed E-state index contributed by atoms with van der Waals surface area (Å²) in [4.78, 5) is 23.3. The van der Waals surface area contributed by atoms with E-state index in [0.29, 0.717) is 18.4 Å². The zero-order valence-electron chi connectivity index (χ0n) is 10.6. The molecule has 98 valence electrons. The maximum Gasteiger partial charge on any atom is 0.251 e. The molecule has 0 aliphatic heterocycles. The number of hydrogen-bond donors (Lipinski definition) is 2. The molecular weight excluding hydrogens is 230 g/mol. The number of unbranched alkanes of at least 4 members (excludes halogenated alkanes) is 1. The molecular formula is C14H19NO3. The molecule has 0 saturated carbocycles. The first-order chi connectivity index (χ1) is 8.65. The fourth-order valence-electron chi connectivity index (χ4n) is 1.67. The second-order valence-corrected chi connectivity index (χ2v) is 4.22. The first kappa shape index (κ1) is 14.4. The average Bonchev–Trinajstić information content (AvgIpc) is 2.38. The topological polar surface area (TPSA) is 66.4 Å². The average molecular weight is 249 g/mol. The molecule has 4 nitrogen and oxygen atoms in total. The van der Waals surface area contributed by atoms with Crippen LogP contribution in [0.1, 0.15) is 36.5 Å². The number of benzene rings is 1. The van der Waals surface area contributed by atoms with Gasteiger partial charge in [0.1, 0.15) is 0 Å². The van der Waals surface area contributed by atoms with E-state index >= 15 is 0 Å². The van der Waals surface area contributed by atoms with Crippen molar-refractivity contribution in [3.8, 4) is 0 Å². The summed E-state index contributed by atoms with van der Waals surface area (Å²) in [5.74, 6) is -0.294. The number of Topliss-reactive ketones (excluding diaryl/α,β-unsaturated/α-hetero) is 1. The van der Waals surface area contributed by atoms with Crippen molar-refractivity contribution in [1.29, 1.82) is 0 Å². The summed E-state index contributed by atoms with van der Waals surface area (Å²) in [6, 6.07) is 8.35. The van der Waals surface area contributed by atoms with Crippen molar-refractivity contribution in [2.24, 2.45) is 0 Å². The Hall–Kier alpha value is -1.68. The quantitative estimate of drug-likeness (QED) is 0.720. The van der Waals surface area contributed by atoms with E-state index in [4.69, 9.17) is 5.11 Å². The van der Waals surface area contributed by atoms with Crippen LogP contribution in [0.5, 0.6) is 0 Å². The smallest absolute Gasteiger partial charge is 0.251 e. The molecule has 18 heavy (non-hydrogen) atoms. The number of aliphatic hydroxyl groups excluding tert-OH is 1. The first-order valence-electron chi connectivity index (χ1n) is 6.12. The molecule has 2 N–H and O–H groups in total. The molecule has 1 aromatic carbocycles. The number of nitrogens with one attached hydrogen (secondary N) is 1. The minimum Gasteiger partial charge on any atom is -0.396 e. The third-order valence-electron chi connectivity index (χ3n) is 2.73. The summed E-state index contributed by atoms with van der Waals surface area (Å²) in [5, 5.41) is 11.4. The molecule has 0 saturated heterocycles. The second kappa shape index (κ2) is 7.61. The van der Waals surface area contributed by atoms with E-state index in [9.17, 15) is 9.59 Å². The Kier molecular flexibility index (Phi) is 6.08. The number of amides is 1. The normalized spacial score (nSPS) is 11.9. The molecule has 0 heterocycles. The van der Waals surface area contributed by atoms with E-state index in [-0.39, 0.29) is 18.3 Å². The molecule has 1 aromatic rings. The van der Waals surface area contributed by atoms with E-state index in [0.717, 1.165) is 6.42 Å². The molecule has 1 rings (SSSR count). The molecule has 1 unspecified atom stereocenters. The molecule has 4 heteroatoms. The van der Waals surface area contributed by atoms with Gasteiger partial charge in [-0.05, 0) is 38.3 Å². The van der Waals surface area contributed by atoms with Gasteiger partial charge in [-0.15, -0.1) is 0 Å². The molecule has 0 spiro atoms. The summed E-state index contributed by atoms with van der Waals surface area (Å²) in [6.07, 6.45) is 1.93. The summed E-state index contributed by atoms with van der Waals surface area (Å²) in [7, 11) is 0. The second-order valence-electron chi connectivity index (χ2n) is 4.22. The summed E-state index contributed by atoms with van der Waals surface area (Å²) < 4.78 is 0. The van der Waals surface area contributed by atoms with Crippen LogP contribution >= 0.6 is 0 Å². The van der Waals surface area contributed by atoms with Crippen molar-refractivity contribution in [2.45, 2.75) is 32.2 Å². The summed E-state index contributed by atoms with van der Waals surface area (Å²) in [6.45, 7) is 1.58. The van der Waals surface area contributed by atoms with E-state index in [1.807, 2.05) is 6.07 Å². The summed E-state index contributed by atoms with van der Waals surface area (Å²) >= 11 is 0. The largest absolute Gasteiger partial charge is 0.396 e. The summed E-state index contributed by atoms with van der Waals surface area (Å²) in [5.41, 5.74) is 0.547. The van der Waals surface area contributed by atoms with Crippen LogP contribution in [0.15, 0.2) is 30.3 Å². The van der Waals surface area contributed by atoms with Crippen LogP contribution in [-0.4, -0.2) is 29.4 Å². The van der Waals surface area contributed by atoms with Crippen LogP contribution in [-0.2, 0) is 4.79 Å². The number of rotatable bonds is 7. The zero-order valence-corrected chi connectivity index (χ0v) is 10.6. The standard InChI is InChI=1S/C14H19NO3/c1-11(17)13(9-5-6-10-16)15-14(18)12-7-3-2-4-8-12/h2-4,7-8,13,16H,5-6,9-10H2,1H3,(H,15,18). The molecule has 1 atom stereocenters. The van der Waals surface area contributed by atoms with Crippen LogP contribution in [0, 0.1) is 0 Å². The van der Waals surface area contributed by atoms with Gasteiger partial charge >= 0.3 is 0 Å². The lowest BCUT2D eigenvalue weighted by molar-refractivity contribution is -0.119. The van der Waals surface area contributed by atoms with Crippen molar-refractivity contribution >= 4 is 11.7 Å². The van der Waals surface area contributed by atoms with Gasteiger partial charge in [0, 0.05) is 12.2 Å². The Morgan fingerprint density at radius 2 is 1.89 bits per heavy atom. The van der Waals surface area contributed by atoms with Gasteiger partial charge < -0.3 is 10.4 Å². The fraction of sp³-hybridized carbons (Fsp3) is 0.429. The zero-order chi connectivity index (χ0) is 13.4. The molecule has 0 aromatic heterocycles. The van der Waals surface area contributed by atoms with Crippen LogP contribution in [0.25, 0.3) is 0 Å². The Morgan fingerprint density at radius 3 is 2.44 bits per heavy atom. The maximum atomic E-state index is 11.9. The Morgan fingerprint density at radius 1 is 1.22 bits per heavy atom. The van der Waals surface area contributed by atoms with E-state index < -0.39 is 6.04 Å². The number of hydrogen-bond acceptors (Lipinski definition) is 3. The molecule has 0 aliphatic rings. The van der Waals surface area contributed by atoms with Crippen LogP contribution < -0.4 is 5.32 Å². The van der Waals surface area contributed by atoms with Crippen molar-refractivity contribution in [2.75, 3.05) is 6.61 Å². The highest BCUT2D eigenvalue weighted by molar-refractivity contribution is 5.97. The monoisotopic (exact) mass is 249 g/mol. The third kappa shape index (κ3) is 4.67. The number of carbonyl (C=O) groups excluding carboxylic acids is 2. The lowest BCUT2D eigenvalue weighted by Gasteiger charge is -2.15. The highest BCUT2D eigenvalue weighted by atomic mass is 16.3. The number of aliphatic hydroxyl groups is 1. The lowest BCUT2D eigenvalue weighted by atomic mass is 10.1. The van der Waals surface area contributed by atoms with Crippen molar-refractivity contribution in [3.05, 3.63) is 35.9 Å². The molecule has 0 aliphatic carbocycles. The number of carbonyl (C=O) groups is 2. The Balaban J connectivity index is 2.55. The van der Waals surface area contributed by atoms with Crippen LogP contribution in [0.2, 0.25) is 0 Å². The van der Waals surface area contributed by atoms with Gasteiger partial charge in [-0.1, -0.05) is 18.2 Å². The Labute approximate surface area is 107 Å². The minimum absolute atomic E-state index is 0.0581. The van der Waals surface area contributed by atoms with Gasteiger partial charge in [0.2, 0.25) is 0 Å². The molecule has 0 radical (unpaired) electrons. The van der Waals surface area contributed by atoms with Crippen molar-refractivity contribution in [1.82, 2.24) is 5.32 Å². The van der Waals surface area contributed by atoms with Crippen molar-refractivity contribution in [3.63, 3.8) is 0 Å². The van der Waals surface area contributed by atoms with Crippen molar-refractivity contribution < 1.29 is 14.7 Å². The SMILES string of the molecule is CC(=O)C(CCCCO)NC(=O)c1ccccc1. The van der Waals surface area contributed by atoms with Gasteiger partial charge in [0.15, 0.2) is 5.78 Å². The van der Waals surface area contributed by atoms with Gasteiger partial charge in [0.05, 0.1) is 6.04 Å². The van der Waals surface area contributed by atoms with Gasteiger partial charge in [-0.3, -0.25) is 9.59 Å². The highest BCUT2D eigenvalue weighted by Gasteiger charge is 2.17. The molecule has 0 fully saturated rings. The molecule has 1 amide bonds. The number of ketones is 1. The van der Waals surface area contributed by atoms with Gasteiger partial charge in [-0.25, -0.2) is 0 Å². The predicted molar refractivity (Wildman–Crippen MR) is 69.3 cm³/mol. The highest BCUT2D eigenvalue weighted by Crippen LogP contribution is 2.05. The fourth-order valence-corrected chi connectivity index (χ4v) is 1.67. The van der Waals surface area contributed by atoms with E-state index in [1.54, 1.807) is 24.3 Å². The third-order valence-corrected chi connectivity index (χ3v) is 2.73. The van der Waals surface area contributed by atoms with Crippen LogP contribution in [0.3, 0.4) is 0 Å². The van der Waals surface area contributed by atoms with Gasteiger partial charge in [-0.2, -0.15) is 0 Å². The van der Waals surface area contributed by atoms with E-state index in [2.05, 4.69) is 5.32 Å². The lowest BCUT2D eigenvalue weighted by Crippen LogP contribution is -2.39. The van der Waals surface area contributed by atoms with Gasteiger partial charge in [0.25, 0.3) is 5.91 Å².